The van der Waals surface area contributed by atoms with Gasteiger partial charge in [-0.25, -0.2) is 4.98 Å². The molecule has 0 spiro atoms. The lowest BCUT2D eigenvalue weighted by atomic mass is 10.1. The first kappa shape index (κ1) is 9.67. The highest BCUT2D eigenvalue weighted by Crippen LogP contribution is 2.42. The summed E-state index contributed by atoms with van der Waals surface area (Å²) in [6.45, 7) is 2.20. The zero-order chi connectivity index (χ0) is 10.3. The SMILES string of the molecule is Clc1cnc(C2CC2)n1C1CCNCC1. The molecular formula is C11H16ClN3. The molecule has 0 atom stereocenters. The number of imidazole rings is 1. The predicted molar refractivity (Wildman–Crippen MR) is 60.4 cm³/mol. The molecular weight excluding hydrogens is 210 g/mol. The van der Waals surface area contributed by atoms with E-state index in [0.29, 0.717) is 12.0 Å². The second-order valence-electron chi connectivity index (χ2n) is 4.56. The fourth-order valence-corrected chi connectivity index (χ4v) is 2.70. The number of nitrogens with one attached hydrogen (secondary N) is 1. The lowest BCUT2D eigenvalue weighted by Gasteiger charge is -2.26. The lowest BCUT2D eigenvalue weighted by molar-refractivity contribution is 0.360. The van der Waals surface area contributed by atoms with Crippen molar-refractivity contribution in [2.75, 3.05) is 13.1 Å². The molecule has 4 heteroatoms. The van der Waals surface area contributed by atoms with Crippen molar-refractivity contribution in [1.29, 1.82) is 0 Å². The molecule has 0 aromatic carbocycles. The summed E-state index contributed by atoms with van der Waals surface area (Å²) in [6, 6.07) is 0.567. The number of halogens is 1. The van der Waals surface area contributed by atoms with Crippen molar-refractivity contribution in [1.82, 2.24) is 14.9 Å². The fourth-order valence-electron chi connectivity index (χ4n) is 2.42. The average Bonchev–Trinajstić information content (AvgIpc) is 3.04. The Kier molecular flexibility index (Phi) is 2.45. The van der Waals surface area contributed by atoms with E-state index in [1.165, 1.54) is 31.5 Å². The lowest BCUT2D eigenvalue weighted by Crippen LogP contribution is -2.30. The maximum absolute atomic E-state index is 6.23. The van der Waals surface area contributed by atoms with E-state index in [0.717, 1.165) is 18.2 Å². The summed E-state index contributed by atoms with van der Waals surface area (Å²) in [5, 5.41) is 4.21. The summed E-state index contributed by atoms with van der Waals surface area (Å²) in [7, 11) is 0. The summed E-state index contributed by atoms with van der Waals surface area (Å²) in [5.74, 6) is 1.92. The Bertz CT molecular complexity index is 351. The smallest absolute Gasteiger partial charge is 0.129 e. The van der Waals surface area contributed by atoms with E-state index >= 15 is 0 Å². The molecule has 15 heavy (non-hydrogen) atoms. The van der Waals surface area contributed by atoms with Gasteiger partial charge >= 0.3 is 0 Å². The molecule has 0 bridgehead atoms. The quantitative estimate of drug-likeness (QED) is 0.838. The van der Waals surface area contributed by atoms with Crippen molar-refractivity contribution in [3.63, 3.8) is 0 Å². The standard InChI is InChI=1S/C11H16ClN3/c12-10-7-14-11(8-1-2-8)15(10)9-3-5-13-6-4-9/h7-9,13H,1-6H2. The van der Waals surface area contributed by atoms with E-state index in [2.05, 4.69) is 14.9 Å². The molecule has 3 nitrogen and oxygen atoms in total. The van der Waals surface area contributed by atoms with Crippen molar-refractivity contribution < 1.29 is 0 Å². The zero-order valence-corrected chi connectivity index (χ0v) is 9.50. The van der Waals surface area contributed by atoms with Gasteiger partial charge in [0.25, 0.3) is 0 Å². The van der Waals surface area contributed by atoms with Crippen LogP contribution in [-0.2, 0) is 0 Å². The van der Waals surface area contributed by atoms with Crippen LogP contribution in [-0.4, -0.2) is 22.6 Å². The summed E-state index contributed by atoms with van der Waals surface area (Å²) >= 11 is 6.23. The van der Waals surface area contributed by atoms with Gasteiger partial charge in [-0.15, -0.1) is 0 Å². The van der Waals surface area contributed by atoms with Crippen molar-refractivity contribution >= 4 is 11.6 Å². The van der Waals surface area contributed by atoms with E-state index in [9.17, 15) is 0 Å². The Labute approximate surface area is 94.8 Å². The molecule has 2 fully saturated rings. The molecule has 3 rings (SSSR count). The maximum Gasteiger partial charge on any atom is 0.129 e. The number of nitrogens with zero attached hydrogens (tertiary/aromatic N) is 2. The van der Waals surface area contributed by atoms with Crippen molar-refractivity contribution in [2.24, 2.45) is 0 Å². The van der Waals surface area contributed by atoms with Crippen LogP contribution in [0.25, 0.3) is 0 Å². The van der Waals surface area contributed by atoms with Gasteiger partial charge in [0.15, 0.2) is 0 Å². The predicted octanol–water partition coefficient (Wildman–Crippen LogP) is 2.34. The van der Waals surface area contributed by atoms with Crippen LogP contribution >= 0.6 is 11.6 Å². The van der Waals surface area contributed by atoms with Gasteiger partial charge in [-0.05, 0) is 38.8 Å². The van der Waals surface area contributed by atoms with Crippen LogP contribution in [0, 0.1) is 0 Å². The van der Waals surface area contributed by atoms with Gasteiger partial charge in [0.2, 0.25) is 0 Å². The highest BCUT2D eigenvalue weighted by atomic mass is 35.5. The minimum Gasteiger partial charge on any atom is -0.317 e. The van der Waals surface area contributed by atoms with E-state index in [-0.39, 0.29) is 0 Å². The fraction of sp³-hybridized carbons (Fsp3) is 0.727. The first-order chi connectivity index (χ1) is 7.36. The average molecular weight is 226 g/mol. The summed E-state index contributed by atoms with van der Waals surface area (Å²) < 4.78 is 2.28. The molecule has 82 valence electrons. The van der Waals surface area contributed by atoms with Gasteiger partial charge in [-0.1, -0.05) is 11.6 Å². The van der Waals surface area contributed by atoms with E-state index in [1.807, 2.05) is 6.20 Å². The molecule has 0 amide bonds. The van der Waals surface area contributed by atoms with Gasteiger partial charge in [0.05, 0.1) is 6.20 Å². The first-order valence-electron chi connectivity index (χ1n) is 5.79. The van der Waals surface area contributed by atoms with Crippen molar-refractivity contribution in [3.8, 4) is 0 Å². The third kappa shape index (κ3) is 1.79. The second kappa shape index (κ2) is 3.80. The van der Waals surface area contributed by atoms with Crippen LogP contribution in [0.5, 0.6) is 0 Å². The minimum atomic E-state index is 0.567. The van der Waals surface area contributed by atoms with Crippen LogP contribution in [0.2, 0.25) is 5.15 Å². The summed E-state index contributed by atoms with van der Waals surface area (Å²) in [5.41, 5.74) is 0. The number of rotatable bonds is 2. The molecule has 0 radical (unpaired) electrons. The number of hydrogen-bond acceptors (Lipinski definition) is 2. The van der Waals surface area contributed by atoms with Gasteiger partial charge in [-0.3, -0.25) is 0 Å². The number of aromatic nitrogens is 2. The molecule has 1 N–H and O–H groups in total. The van der Waals surface area contributed by atoms with E-state index < -0.39 is 0 Å². The van der Waals surface area contributed by atoms with Crippen molar-refractivity contribution in [2.45, 2.75) is 37.6 Å². The number of piperidine rings is 1. The summed E-state index contributed by atoms with van der Waals surface area (Å²) in [4.78, 5) is 4.46. The molecule has 1 aliphatic heterocycles. The normalized spacial score (nSPS) is 23.3. The van der Waals surface area contributed by atoms with E-state index in [4.69, 9.17) is 11.6 Å². The molecule has 2 aliphatic rings. The maximum atomic E-state index is 6.23. The third-order valence-electron chi connectivity index (χ3n) is 3.40. The molecule has 1 aliphatic carbocycles. The second-order valence-corrected chi connectivity index (χ2v) is 4.95. The molecule has 0 unspecified atom stereocenters. The Hall–Kier alpha value is -0.540. The Morgan fingerprint density at radius 1 is 1.27 bits per heavy atom. The van der Waals surface area contributed by atoms with Gasteiger partial charge < -0.3 is 9.88 Å². The van der Waals surface area contributed by atoms with Crippen molar-refractivity contribution in [3.05, 3.63) is 17.2 Å². The molecule has 1 saturated heterocycles. The highest BCUT2D eigenvalue weighted by molar-refractivity contribution is 6.29. The Morgan fingerprint density at radius 2 is 2.00 bits per heavy atom. The first-order valence-corrected chi connectivity index (χ1v) is 6.17. The molecule has 1 saturated carbocycles. The molecule has 1 aromatic rings. The highest BCUT2D eigenvalue weighted by Gasteiger charge is 2.31. The molecule has 1 aromatic heterocycles. The van der Waals surface area contributed by atoms with Gasteiger partial charge in [-0.2, -0.15) is 0 Å². The minimum absolute atomic E-state index is 0.567. The van der Waals surface area contributed by atoms with Gasteiger partial charge in [0, 0.05) is 12.0 Å². The largest absolute Gasteiger partial charge is 0.317 e. The zero-order valence-electron chi connectivity index (χ0n) is 8.75. The van der Waals surface area contributed by atoms with Crippen LogP contribution in [0.15, 0.2) is 6.20 Å². The van der Waals surface area contributed by atoms with Crippen LogP contribution in [0.3, 0.4) is 0 Å². The van der Waals surface area contributed by atoms with E-state index in [1.54, 1.807) is 0 Å². The van der Waals surface area contributed by atoms with Gasteiger partial charge in [0.1, 0.15) is 11.0 Å². The summed E-state index contributed by atoms with van der Waals surface area (Å²) in [6.07, 6.45) is 6.75. The Morgan fingerprint density at radius 3 is 2.67 bits per heavy atom. The van der Waals surface area contributed by atoms with Crippen LogP contribution < -0.4 is 5.32 Å². The van der Waals surface area contributed by atoms with Crippen LogP contribution in [0.1, 0.15) is 43.5 Å². The van der Waals surface area contributed by atoms with Crippen LogP contribution in [0.4, 0.5) is 0 Å². The molecule has 2 heterocycles. The third-order valence-corrected chi connectivity index (χ3v) is 3.68. The monoisotopic (exact) mass is 225 g/mol. The Balaban J connectivity index is 1.90. The number of hydrogen-bond donors (Lipinski definition) is 1. The topological polar surface area (TPSA) is 29.9 Å².